The monoisotopic (exact) mass is 360 g/mol. The van der Waals surface area contributed by atoms with Gasteiger partial charge < -0.3 is 9.64 Å². The van der Waals surface area contributed by atoms with Crippen molar-refractivity contribution < 1.29 is 23.9 Å². The summed E-state index contributed by atoms with van der Waals surface area (Å²) < 4.78 is 4.80. The number of amides is 3. The van der Waals surface area contributed by atoms with Gasteiger partial charge >= 0.3 is 5.97 Å². The zero-order valence-corrected chi connectivity index (χ0v) is 14.3. The van der Waals surface area contributed by atoms with E-state index in [4.69, 9.17) is 4.74 Å². The molecular formula is C17H16N2O5S. The van der Waals surface area contributed by atoms with Crippen LogP contribution in [0.4, 0.5) is 0 Å². The lowest BCUT2D eigenvalue weighted by molar-refractivity contribution is -0.152. The van der Waals surface area contributed by atoms with Crippen LogP contribution < -0.4 is 0 Å². The van der Waals surface area contributed by atoms with Crippen LogP contribution >= 0.6 is 11.8 Å². The molecule has 130 valence electrons. The molecule has 1 aromatic rings. The van der Waals surface area contributed by atoms with E-state index in [0.29, 0.717) is 29.7 Å². The number of benzene rings is 1. The molecule has 0 bridgehead atoms. The summed E-state index contributed by atoms with van der Waals surface area (Å²) in [5.74, 6) is -1.37. The molecule has 0 spiro atoms. The minimum atomic E-state index is -0.890. The second-order valence-corrected chi connectivity index (χ2v) is 7.40. The van der Waals surface area contributed by atoms with Crippen LogP contribution in [0.25, 0.3) is 0 Å². The number of rotatable bonds is 2. The molecule has 0 aromatic heterocycles. The van der Waals surface area contributed by atoms with Crippen LogP contribution in [0.5, 0.6) is 0 Å². The lowest BCUT2D eigenvalue weighted by Gasteiger charge is -2.39. The molecule has 0 unspecified atom stereocenters. The van der Waals surface area contributed by atoms with Gasteiger partial charge in [-0.05, 0) is 25.0 Å². The molecule has 0 saturated carbocycles. The van der Waals surface area contributed by atoms with E-state index >= 15 is 0 Å². The fourth-order valence-corrected chi connectivity index (χ4v) is 5.14. The molecule has 8 heteroatoms. The van der Waals surface area contributed by atoms with Crippen LogP contribution in [0.3, 0.4) is 0 Å². The number of hydrogen-bond acceptors (Lipinski definition) is 6. The molecular weight excluding hydrogens is 344 g/mol. The normalized spacial score (nSPS) is 28.2. The third-order valence-electron chi connectivity index (χ3n) is 4.93. The Bertz CT molecular complexity index is 760. The highest BCUT2D eigenvalue weighted by atomic mass is 32.2. The Morgan fingerprint density at radius 3 is 2.36 bits per heavy atom. The van der Waals surface area contributed by atoms with Gasteiger partial charge in [0, 0.05) is 5.75 Å². The predicted octanol–water partition coefficient (Wildman–Crippen LogP) is 0.888. The lowest BCUT2D eigenvalue weighted by Crippen LogP contribution is -2.59. The van der Waals surface area contributed by atoms with Gasteiger partial charge in [-0.25, -0.2) is 4.79 Å². The molecule has 0 aliphatic carbocycles. The first kappa shape index (κ1) is 16.1. The molecule has 1 aromatic carbocycles. The average Bonchev–Trinajstić information content (AvgIpc) is 3.17. The molecule has 3 atom stereocenters. The Balaban J connectivity index is 1.64. The first-order chi connectivity index (χ1) is 12.0. The Kier molecular flexibility index (Phi) is 3.79. The van der Waals surface area contributed by atoms with Crippen LogP contribution in [0.2, 0.25) is 0 Å². The minimum absolute atomic E-state index is 0.108. The van der Waals surface area contributed by atoms with Gasteiger partial charge in [0.15, 0.2) is 0 Å². The fraction of sp³-hybridized carbons (Fsp3) is 0.412. The summed E-state index contributed by atoms with van der Waals surface area (Å²) in [5, 5.41) is -0.108. The Morgan fingerprint density at radius 1 is 1.12 bits per heavy atom. The summed E-state index contributed by atoms with van der Waals surface area (Å²) >= 11 is 1.50. The topological polar surface area (TPSA) is 84.0 Å². The zero-order chi connectivity index (χ0) is 17.7. The van der Waals surface area contributed by atoms with E-state index in [2.05, 4.69) is 0 Å². The van der Waals surface area contributed by atoms with Gasteiger partial charge in [0.1, 0.15) is 12.1 Å². The number of carbonyl (C=O) groups excluding carboxylic acids is 4. The highest BCUT2D eigenvalue weighted by molar-refractivity contribution is 8.00. The summed E-state index contributed by atoms with van der Waals surface area (Å²) in [6, 6.07) is 5.02. The standard InChI is InChI=1S/C17H16N2O5S/c1-24-17(23)11-6-7-13-18(11)16(22)12(8-25-13)19-14(20)9-4-2-3-5-10(9)15(19)21/h2-5,11-13H,6-8H2,1H3/t11-,12+,13-/m0/s1. The number of carbonyl (C=O) groups is 4. The van der Waals surface area contributed by atoms with Gasteiger partial charge in [0.25, 0.3) is 11.8 Å². The molecule has 25 heavy (non-hydrogen) atoms. The first-order valence-corrected chi connectivity index (χ1v) is 9.08. The van der Waals surface area contributed by atoms with Crippen molar-refractivity contribution in [3.8, 4) is 0 Å². The van der Waals surface area contributed by atoms with Gasteiger partial charge in [-0.1, -0.05) is 12.1 Å². The number of nitrogens with zero attached hydrogens (tertiary/aromatic N) is 2. The van der Waals surface area contributed by atoms with E-state index in [9.17, 15) is 19.2 Å². The molecule has 3 aliphatic rings. The van der Waals surface area contributed by atoms with Crippen molar-refractivity contribution in [1.29, 1.82) is 0 Å². The maximum atomic E-state index is 13.0. The number of fused-ring (bicyclic) bond motifs is 2. The molecule has 2 saturated heterocycles. The summed E-state index contributed by atoms with van der Waals surface area (Å²) in [6.07, 6.45) is 1.23. The van der Waals surface area contributed by atoms with Gasteiger partial charge in [0.2, 0.25) is 5.91 Å². The molecule has 3 amide bonds. The average molecular weight is 360 g/mol. The van der Waals surface area contributed by atoms with Crippen molar-refractivity contribution in [2.45, 2.75) is 30.3 Å². The summed E-state index contributed by atoms with van der Waals surface area (Å²) in [4.78, 5) is 52.8. The second kappa shape index (κ2) is 5.87. The predicted molar refractivity (Wildman–Crippen MR) is 88.9 cm³/mol. The molecule has 0 radical (unpaired) electrons. The quantitative estimate of drug-likeness (QED) is 0.575. The SMILES string of the molecule is COC(=O)[C@@H]1CC[C@@H]2SC[C@@H](N3C(=O)c4ccccc4C3=O)C(=O)N21. The van der Waals surface area contributed by atoms with Crippen LogP contribution in [-0.2, 0) is 14.3 Å². The van der Waals surface area contributed by atoms with Crippen molar-refractivity contribution in [2.75, 3.05) is 12.9 Å². The second-order valence-electron chi connectivity index (χ2n) is 6.19. The lowest BCUT2D eigenvalue weighted by atomic mass is 10.1. The van der Waals surface area contributed by atoms with Crippen molar-refractivity contribution in [1.82, 2.24) is 9.80 Å². The third-order valence-corrected chi connectivity index (χ3v) is 6.29. The molecule has 3 heterocycles. The first-order valence-electron chi connectivity index (χ1n) is 8.03. The van der Waals surface area contributed by atoms with Gasteiger partial charge in [-0.3, -0.25) is 19.3 Å². The third kappa shape index (κ3) is 2.27. The van der Waals surface area contributed by atoms with E-state index in [1.54, 1.807) is 24.3 Å². The van der Waals surface area contributed by atoms with Crippen molar-refractivity contribution in [2.24, 2.45) is 0 Å². The summed E-state index contributed by atoms with van der Waals surface area (Å²) in [6.45, 7) is 0. The number of imide groups is 1. The van der Waals surface area contributed by atoms with Crippen molar-refractivity contribution in [3.05, 3.63) is 35.4 Å². The number of thioether (sulfide) groups is 1. The van der Waals surface area contributed by atoms with Crippen molar-refractivity contribution in [3.63, 3.8) is 0 Å². The largest absolute Gasteiger partial charge is 0.467 e. The maximum absolute atomic E-state index is 13.0. The summed E-state index contributed by atoms with van der Waals surface area (Å²) in [7, 11) is 1.29. The number of esters is 1. The van der Waals surface area contributed by atoms with E-state index in [1.807, 2.05) is 0 Å². The maximum Gasteiger partial charge on any atom is 0.328 e. The van der Waals surface area contributed by atoms with Gasteiger partial charge in [-0.15, -0.1) is 11.8 Å². The number of ether oxygens (including phenoxy) is 1. The van der Waals surface area contributed by atoms with Crippen LogP contribution in [0.15, 0.2) is 24.3 Å². The van der Waals surface area contributed by atoms with Gasteiger partial charge in [0.05, 0.1) is 23.6 Å². The summed E-state index contributed by atoms with van der Waals surface area (Å²) in [5.41, 5.74) is 0.636. The smallest absolute Gasteiger partial charge is 0.328 e. The van der Waals surface area contributed by atoms with E-state index in [1.165, 1.54) is 23.8 Å². The van der Waals surface area contributed by atoms with E-state index in [0.717, 1.165) is 4.90 Å². The molecule has 4 rings (SSSR count). The minimum Gasteiger partial charge on any atom is -0.467 e. The van der Waals surface area contributed by atoms with Crippen LogP contribution in [0.1, 0.15) is 33.6 Å². The van der Waals surface area contributed by atoms with Crippen LogP contribution in [0, 0.1) is 0 Å². The van der Waals surface area contributed by atoms with Crippen LogP contribution in [-0.4, -0.2) is 63.8 Å². The fourth-order valence-electron chi connectivity index (χ4n) is 3.73. The molecule has 2 fully saturated rings. The van der Waals surface area contributed by atoms with E-state index < -0.39 is 29.9 Å². The van der Waals surface area contributed by atoms with E-state index in [-0.39, 0.29) is 11.3 Å². The number of methoxy groups -OCH3 is 1. The Hall–Kier alpha value is -2.35. The van der Waals surface area contributed by atoms with Gasteiger partial charge in [-0.2, -0.15) is 0 Å². The highest BCUT2D eigenvalue weighted by Gasteiger charge is 2.52. The molecule has 3 aliphatic heterocycles. The zero-order valence-electron chi connectivity index (χ0n) is 13.5. The van der Waals surface area contributed by atoms with Crippen molar-refractivity contribution >= 4 is 35.5 Å². The molecule has 0 N–H and O–H groups in total. The number of hydrogen-bond donors (Lipinski definition) is 0. The Labute approximate surface area is 148 Å². The molecule has 7 nitrogen and oxygen atoms in total. The highest BCUT2D eigenvalue weighted by Crippen LogP contribution is 2.39. The Morgan fingerprint density at radius 2 is 1.76 bits per heavy atom.